The predicted octanol–water partition coefficient (Wildman–Crippen LogP) is 4.05. The third-order valence-electron chi connectivity index (χ3n) is 2.14. The lowest BCUT2D eigenvalue weighted by Gasteiger charge is -2.18. The van der Waals surface area contributed by atoms with E-state index < -0.39 is 0 Å². The highest BCUT2D eigenvalue weighted by molar-refractivity contribution is 9.11. The van der Waals surface area contributed by atoms with Crippen molar-refractivity contribution in [3.63, 3.8) is 0 Å². The summed E-state index contributed by atoms with van der Waals surface area (Å²) >= 11 is 5.08. The summed E-state index contributed by atoms with van der Waals surface area (Å²) < 4.78 is 6.79. The molecule has 5 heteroatoms. The maximum absolute atomic E-state index is 5.69. The number of hydrogen-bond donors (Lipinski definition) is 1. The molecule has 0 atom stereocenters. The number of nitrogens with zero attached hydrogens (tertiary/aromatic N) is 1. The van der Waals surface area contributed by atoms with Crippen LogP contribution in [0.2, 0.25) is 0 Å². The Balaban J connectivity index is 2.06. The van der Waals surface area contributed by atoms with Crippen LogP contribution in [0.15, 0.2) is 26.5 Å². The first-order chi connectivity index (χ1) is 7.94. The van der Waals surface area contributed by atoms with Gasteiger partial charge in [0.1, 0.15) is 0 Å². The van der Waals surface area contributed by atoms with E-state index in [1.807, 2.05) is 12.1 Å². The standard InChI is InChI=1S/C12H15BrN2OS/c1-12(2,3)15-7-11-14-6-8(16-11)9-4-5-10(13)17-9/h4-6,15H,7H2,1-3H3. The maximum atomic E-state index is 5.69. The molecule has 92 valence electrons. The Bertz CT molecular complexity index is 499. The summed E-state index contributed by atoms with van der Waals surface area (Å²) in [6.45, 7) is 7.00. The topological polar surface area (TPSA) is 38.1 Å². The SMILES string of the molecule is CC(C)(C)NCc1ncc(-c2ccc(Br)s2)o1. The Kier molecular flexibility index (Phi) is 3.70. The second kappa shape index (κ2) is 4.92. The second-order valence-corrected chi connectivity index (χ2v) is 7.29. The number of halogens is 1. The monoisotopic (exact) mass is 314 g/mol. The molecule has 0 aliphatic heterocycles. The summed E-state index contributed by atoms with van der Waals surface area (Å²) in [5.74, 6) is 1.55. The molecule has 0 amide bonds. The first-order valence-corrected chi connectivity index (χ1v) is 7.00. The Hall–Kier alpha value is -0.650. The molecule has 0 radical (unpaired) electrons. The maximum Gasteiger partial charge on any atom is 0.208 e. The third kappa shape index (κ3) is 3.66. The van der Waals surface area contributed by atoms with Gasteiger partial charge < -0.3 is 9.73 Å². The highest BCUT2D eigenvalue weighted by Gasteiger charge is 2.12. The molecule has 2 aromatic rings. The Morgan fingerprint density at radius 3 is 2.76 bits per heavy atom. The smallest absolute Gasteiger partial charge is 0.208 e. The van der Waals surface area contributed by atoms with Crippen molar-refractivity contribution in [2.75, 3.05) is 0 Å². The lowest BCUT2D eigenvalue weighted by Crippen LogP contribution is -2.35. The molecule has 0 bridgehead atoms. The van der Waals surface area contributed by atoms with E-state index in [0.717, 1.165) is 20.3 Å². The van der Waals surface area contributed by atoms with Crippen LogP contribution in [0, 0.1) is 0 Å². The van der Waals surface area contributed by atoms with Crippen molar-refractivity contribution in [1.82, 2.24) is 10.3 Å². The minimum absolute atomic E-state index is 0.0700. The van der Waals surface area contributed by atoms with Gasteiger partial charge >= 0.3 is 0 Å². The zero-order chi connectivity index (χ0) is 12.5. The summed E-state index contributed by atoms with van der Waals surface area (Å²) in [5, 5.41) is 3.35. The zero-order valence-corrected chi connectivity index (χ0v) is 12.5. The lowest BCUT2D eigenvalue weighted by molar-refractivity contribution is 0.384. The molecule has 0 aliphatic rings. The van der Waals surface area contributed by atoms with Gasteiger partial charge in [0.05, 0.1) is 21.4 Å². The number of nitrogens with one attached hydrogen (secondary N) is 1. The van der Waals surface area contributed by atoms with Crippen LogP contribution < -0.4 is 5.32 Å². The lowest BCUT2D eigenvalue weighted by atomic mass is 10.1. The molecule has 0 aliphatic carbocycles. The van der Waals surface area contributed by atoms with E-state index in [1.54, 1.807) is 17.5 Å². The molecule has 0 spiro atoms. The van der Waals surface area contributed by atoms with Gasteiger partial charge in [-0.3, -0.25) is 0 Å². The average molecular weight is 315 g/mol. The van der Waals surface area contributed by atoms with Gasteiger partial charge in [0.15, 0.2) is 5.76 Å². The summed E-state index contributed by atoms with van der Waals surface area (Å²) in [7, 11) is 0. The molecule has 2 heterocycles. The highest BCUT2D eigenvalue weighted by Crippen LogP contribution is 2.31. The molecule has 3 nitrogen and oxygen atoms in total. The van der Waals surface area contributed by atoms with Crippen molar-refractivity contribution in [2.24, 2.45) is 0 Å². The molecule has 17 heavy (non-hydrogen) atoms. The highest BCUT2D eigenvalue weighted by atomic mass is 79.9. The van der Waals surface area contributed by atoms with Crippen molar-refractivity contribution in [3.8, 4) is 10.6 Å². The van der Waals surface area contributed by atoms with E-state index in [4.69, 9.17) is 4.42 Å². The molecular formula is C12H15BrN2OS. The van der Waals surface area contributed by atoms with Crippen molar-refractivity contribution < 1.29 is 4.42 Å². The predicted molar refractivity (Wildman–Crippen MR) is 74.1 cm³/mol. The van der Waals surface area contributed by atoms with E-state index in [9.17, 15) is 0 Å². The first-order valence-electron chi connectivity index (χ1n) is 5.39. The Morgan fingerprint density at radius 1 is 1.41 bits per heavy atom. The summed E-state index contributed by atoms with van der Waals surface area (Å²) in [6, 6.07) is 4.03. The van der Waals surface area contributed by atoms with Crippen LogP contribution in [0.3, 0.4) is 0 Å². The van der Waals surface area contributed by atoms with Gasteiger partial charge in [-0.1, -0.05) is 0 Å². The zero-order valence-electron chi connectivity index (χ0n) is 10.1. The second-order valence-electron chi connectivity index (χ2n) is 4.83. The quantitative estimate of drug-likeness (QED) is 0.928. The number of rotatable bonds is 3. The normalized spacial score (nSPS) is 12.0. The minimum Gasteiger partial charge on any atom is -0.438 e. The molecular weight excluding hydrogens is 300 g/mol. The number of oxazole rings is 1. The molecule has 0 aromatic carbocycles. The van der Waals surface area contributed by atoms with E-state index in [1.165, 1.54) is 0 Å². The van der Waals surface area contributed by atoms with Gasteiger partial charge in [-0.15, -0.1) is 11.3 Å². The van der Waals surface area contributed by atoms with Gasteiger partial charge in [0.2, 0.25) is 5.89 Å². The Morgan fingerprint density at radius 2 is 2.18 bits per heavy atom. The number of thiophene rings is 1. The van der Waals surface area contributed by atoms with E-state index in [2.05, 4.69) is 47.0 Å². The minimum atomic E-state index is 0.0700. The molecule has 2 aromatic heterocycles. The fourth-order valence-corrected chi connectivity index (χ4v) is 2.63. The Labute approximate surface area is 113 Å². The van der Waals surface area contributed by atoms with Crippen LogP contribution >= 0.6 is 27.3 Å². The molecule has 1 N–H and O–H groups in total. The van der Waals surface area contributed by atoms with E-state index >= 15 is 0 Å². The van der Waals surface area contributed by atoms with Crippen molar-refractivity contribution in [1.29, 1.82) is 0 Å². The third-order valence-corrected chi connectivity index (χ3v) is 3.78. The largest absolute Gasteiger partial charge is 0.438 e. The molecule has 0 unspecified atom stereocenters. The summed E-state index contributed by atoms with van der Waals surface area (Å²) in [5.41, 5.74) is 0.0700. The van der Waals surface area contributed by atoms with Crippen molar-refractivity contribution >= 4 is 27.3 Å². The van der Waals surface area contributed by atoms with Crippen molar-refractivity contribution in [2.45, 2.75) is 32.9 Å². The number of hydrogen-bond acceptors (Lipinski definition) is 4. The molecule has 0 fully saturated rings. The average Bonchev–Trinajstić information content (AvgIpc) is 2.81. The molecule has 2 rings (SSSR count). The molecule has 0 saturated heterocycles. The van der Waals surface area contributed by atoms with Gasteiger partial charge in [0, 0.05) is 5.54 Å². The van der Waals surface area contributed by atoms with Gasteiger partial charge in [-0.05, 0) is 48.8 Å². The fraction of sp³-hybridized carbons (Fsp3) is 0.417. The van der Waals surface area contributed by atoms with Crippen LogP contribution in [-0.4, -0.2) is 10.5 Å². The number of aromatic nitrogens is 1. The van der Waals surface area contributed by atoms with Gasteiger partial charge in [-0.25, -0.2) is 4.98 Å². The van der Waals surface area contributed by atoms with Crippen molar-refractivity contribution in [3.05, 3.63) is 28.0 Å². The summed E-state index contributed by atoms with van der Waals surface area (Å²) in [6.07, 6.45) is 1.78. The van der Waals surface area contributed by atoms with Crippen LogP contribution in [0.25, 0.3) is 10.6 Å². The van der Waals surface area contributed by atoms with Crippen LogP contribution in [0.4, 0.5) is 0 Å². The van der Waals surface area contributed by atoms with Gasteiger partial charge in [0.25, 0.3) is 0 Å². The van der Waals surface area contributed by atoms with Crippen LogP contribution in [0.1, 0.15) is 26.7 Å². The summed E-state index contributed by atoms with van der Waals surface area (Å²) in [4.78, 5) is 5.36. The van der Waals surface area contributed by atoms with Crippen LogP contribution in [0.5, 0.6) is 0 Å². The van der Waals surface area contributed by atoms with Crippen LogP contribution in [-0.2, 0) is 6.54 Å². The molecule has 0 saturated carbocycles. The first kappa shape index (κ1) is 12.8. The van der Waals surface area contributed by atoms with E-state index in [-0.39, 0.29) is 5.54 Å². The fourth-order valence-electron chi connectivity index (χ4n) is 1.29. The van der Waals surface area contributed by atoms with E-state index in [0.29, 0.717) is 6.54 Å². The van der Waals surface area contributed by atoms with Gasteiger partial charge in [-0.2, -0.15) is 0 Å².